The Morgan fingerprint density at radius 3 is 2.45 bits per heavy atom. The molecule has 0 N–H and O–H groups in total. The third-order valence-corrected chi connectivity index (χ3v) is 5.85. The number of benzene rings is 2. The van der Waals surface area contributed by atoms with Gasteiger partial charge in [-0.2, -0.15) is 5.10 Å². The number of hydrogen-bond donors (Lipinski definition) is 0. The maximum Gasteiger partial charge on any atom is 0.275 e. The minimum Gasteiger partial charge on any atom is -0.311 e. The summed E-state index contributed by atoms with van der Waals surface area (Å²) in [6.45, 7) is 6.41. The molecule has 0 spiro atoms. The van der Waals surface area contributed by atoms with Crippen molar-refractivity contribution in [2.45, 2.75) is 40.2 Å². The van der Waals surface area contributed by atoms with Crippen molar-refractivity contribution in [1.82, 2.24) is 14.8 Å². The van der Waals surface area contributed by atoms with E-state index in [-0.39, 0.29) is 18.0 Å². The van der Waals surface area contributed by atoms with Crippen LogP contribution in [0.5, 0.6) is 0 Å². The van der Waals surface area contributed by atoms with Gasteiger partial charge in [-0.25, -0.2) is 4.68 Å². The zero-order valence-electron chi connectivity index (χ0n) is 19.3. The Hall–Kier alpha value is -3.80. The molecule has 33 heavy (non-hydrogen) atoms. The minimum absolute atomic E-state index is 0.119. The van der Waals surface area contributed by atoms with Crippen LogP contribution in [0.4, 0.5) is 5.69 Å². The highest BCUT2D eigenvalue weighted by molar-refractivity contribution is 5.93. The molecule has 2 heterocycles. The van der Waals surface area contributed by atoms with E-state index in [2.05, 4.69) is 17.0 Å². The lowest BCUT2D eigenvalue weighted by Gasteiger charge is -2.22. The summed E-state index contributed by atoms with van der Waals surface area (Å²) in [5.41, 5.74) is 4.58. The smallest absolute Gasteiger partial charge is 0.275 e. The number of pyridine rings is 1. The molecule has 0 saturated heterocycles. The van der Waals surface area contributed by atoms with Crippen LogP contribution in [0.3, 0.4) is 0 Å². The first-order chi connectivity index (χ1) is 16.0. The lowest BCUT2D eigenvalue weighted by molar-refractivity contribution is -0.119. The van der Waals surface area contributed by atoms with E-state index in [1.807, 2.05) is 68.4 Å². The number of carbonyl (C=O) groups is 1. The summed E-state index contributed by atoms with van der Waals surface area (Å²) in [5.74, 6) is -0.171. The van der Waals surface area contributed by atoms with Gasteiger partial charge in [-0.05, 0) is 61.7 Å². The van der Waals surface area contributed by atoms with Crippen LogP contribution in [-0.2, 0) is 24.2 Å². The van der Waals surface area contributed by atoms with Gasteiger partial charge >= 0.3 is 0 Å². The molecule has 0 radical (unpaired) electrons. The fourth-order valence-corrected chi connectivity index (χ4v) is 4.03. The molecule has 2 aromatic heterocycles. The molecule has 0 fully saturated rings. The van der Waals surface area contributed by atoms with Gasteiger partial charge in [0, 0.05) is 36.4 Å². The average molecular weight is 441 g/mol. The predicted octanol–water partition coefficient (Wildman–Crippen LogP) is 4.31. The maximum absolute atomic E-state index is 13.2. The monoisotopic (exact) mass is 440 g/mol. The number of aromatic nitrogens is 3. The van der Waals surface area contributed by atoms with E-state index in [4.69, 9.17) is 0 Å². The summed E-state index contributed by atoms with van der Waals surface area (Å²) in [4.78, 5) is 32.3. The summed E-state index contributed by atoms with van der Waals surface area (Å²) in [6, 6.07) is 17.5. The van der Waals surface area contributed by atoms with Gasteiger partial charge in [0.05, 0.1) is 11.1 Å². The van der Waals surface area contributed by atoms with Gasteiger partial charge in [0.15, 0.2) is 0 Å². The van der Waals surface area contributed by atoms with Crippen molar-refractivity contribution >= 4 is 22.4 Å². The van der Waals surface area contributed by atoms with Crippen LogP contribution in [0.1, 0.15) is 36.2 Å². The van der Waals surface area contributed by atoms with Gasteiger partial charge in [-0.15, -0.1) is 0 Å². The molecular weight excluding hydrogens is 412 g/mol. The second-order valence-corrected chi connectivity index (χ2v) is 8.15. The van der Waals surface area contributed by atoms with Gasteiger partial charge < -0.3 is 4.90 Å². The van der Waals surface area contributed by atoms with E-state index in [0.717, 1.165) is 34.3 Å². The Balaban J connectivity index is 1.72. The third kappa shape index (κ3) is 4.85. The molecule has 6 heteroatoms. The van der Waals surface area contributed by atoms with E-state index < -0.39 is 0 Å². The maximum atomic E-state index is 13.2. The Labute approximate surface area is 193 Å². The van der Waals surface area contributed by atoms with Crippen molar-refractivity contribution in [2.24, 2.45) is 0 Å². The number of anilines is 1. The fourth-order valence-electron chi connectivity index (χ4n) is 4.03. The van der Waals surface area contributed by atoms with Crippen LogP contribution in [0.2, 0.25) is 0 Å². The number of amides is 1. The molecule has 0 aliphatic rings. The van der Waals surface area contributed by atoms with E-state index in [1.165, 1.54) is 10.2 Å². The molecule has 0 aliphatic heterocycles. The Bertz CT molecular complexity index is 1330. The zero-order valence-corrected chi connectivity index (χ0v) is 19.3. The molecule has 0 aliphatic carbocycles. The quantitative estimate of drug-likeness (QED) is 0.430. The largest absolute Gasteiger partial charge is 0.311 e. The molecule has 0 saturated carbocycles. The van der Waals surface area contributed by atoms with Crippen molar-refractivity contribution in [3.8, 4) is 0 Å². The first kappa shape index (κ1) is 22.4. The third-order valence-electron chi connectivity index (χ3n) is 5.85. The second kappa shape index (κ2) is 9.77. The second-order valence-electron chi connectivity index (χ2n) is 8.15. The van der Waals surface area contributed by atoms with Crippen molar-refractivity contribution in [3.05, 3.63) is 99.7 Å². The van der Waals surface area contributed by atoms with Gasteiger partial charge in [0.25, 0.3) is 5.56 Å². The number of nitrogens with zero attached hydrogens (tertiary/aromatic N) is 4. The molecular formula is C27H28N4O2. The van der Waals surface area contributed by atoms with Gasteiger partial charge in [0.2, 0.25) is 5.91 Å². The normalized spacial score (nSPS) is 11.0. The van der Waals surface area contributed by atoms with E-state index in [1.54, 1.807) is 17.3 Å². The lowest BCUT2D eigenvalue weighted by atomic mass is 10.0. The highest BCUT2D eigenvalue weighted by Gasteiger charge is 2.18. The first-order valence-corrected chi connectivity index (χ1v) is 11.3. The van der Waals surface area contributed by atoms with Gasteiger partial charge in [-0.3, -0.25) is 14.6 Å². The lowest BCUT2D eigenvalue weighted by Crippen LogP contribution is -2.37. The molecule has 2 aromatic carbocycles. The Morgan fingerprint density at radius 1 is 1.00 bits per heavy atom. The average Bonchev–Trinajstić information content (AvgIpc) is 2.83. The standard InChI is InChI=1S/C27H28N4O2/c1-4-20-9-11-22(12-10-20)30(5-2)26(32)18-31-27(33)23-13-8-19(3)15-24(23)25(29-31)16-21-7-6-14-28-17-21/h6-15,17H,4-5,16,18H2,1-3H3. The highest BCUT2D eigenvalue weighted by Crippen LogP contribution is 2.20. The van der Waals surface area contributed by atoms with Crippen molar-refractivity contribution < 1.29 is 4.79 Å². The van der Waals surface area contributed by atoms with Crippen LogP contribution >= 0.6 is 0 Å². The fraction of sp³-hybridized carbons (Fsp3) is 0.259. The summed E-state index contributed by atoms with van der Waals surface area (Å²) in [6.07, 6.45) is 4.99. The number of aryl methyl sites for hydroxylation is 2. The number of fused-ring (bicyclic) bond motifs is 1. The number of rotatable bonds is 7. The van der Waals surface area contributed by atoms with Crippen LogP contribution < -0.4 is 10.5 Å². The molecule has 168 valence electrons. The summed E-state index contributed by atoms with van der Waals surface area (Å²) in [5, 5.41) is 6.03. The molecule has 4 aromatic rings. The summed E-state index contributed by atoms with van der Waals surface area (Å²) in [7, 11) is 0. The van der Waals surface area contributed by atoms with E-state index in [0.29, 0.717) is 18.4 Å². The molecule has 1 amide bonds. The van der Waals surface area contributed by atoms with E-state index >= 15 is 0 Å². The van der Waals surface area contributed by atoms with Gasteiger partial charge in [-0.1, -0.05) is 36.8 Å². The Kier molecular flexibility index (Phi) is 6.63. The summed E-state index contributed by atoms with van der Waals surface area (Å²) < 4.78 is 1.30. The summed E-state index contributed by atoms with van der Waals surface area (Å²) >= 11 is 0. The molecule has 6 nitrogen and oxygen atoms in total. The number of carbonyl (C=O) groups excluding carboxylic acids is 1. The van der Waals surface area contributed by atoms with Crippen LogP contribution in [0.15, 0.2) is 71.8 Å². The molecule has 0 atom stereocenters. The topological polar surface area (TPSA) is 68.1 Å². The van der Waals surface area contributed by atoms with Crippen molar-refractivity contribution in [1.29, 1.82) is 0 Å². The first-order valence-electron chi connectivity index (χ1n) is 11.3. The zero-order chi connectivity index (χ0) is 23.4. The van der Waals surface area contributed by atoms with Gasteiger partial charge in [0.1, 0.15) is 6.54 Å². The van der Waals surface area contributed by atoms with E-state index in [9.17, 15) is 9.59 Å². The SMILES string of the molecule is CCc1ccc(N(CC)C(=O)Cn2nc(Cc3cccnc3)c3cc(C)ccc3c2=O)cc1. The van der Waals surface area contributed by atoms with Crippen LogP contribution in [0, 0.1) is 6.92 Å². The molecule has 0 bridgehead atoms. The van der Waals surface area contributed by atoms with Crippen LogP contribution in [0.25, 0.3) is 10.8 Å². The van der Waals surface area contributed by atoms with Crippen molar-refractivity contribution in [2.75, 3.05) is 11.4 Å². The minimum atomic E-state index is -0.259. The highest BCUT2D eigenvalue weighted by atomic mass is 16.2. The molecule has 4 rings (SSSR count). The van der Waals surface area contributed by atoms with Crippen LogP contribution in [-0.4, -0.2) is 27.2 Å². The molecule has 0 unspecified atom stereocenters. The van der Waals surface area contributed by atoms with Crippen molar-refractivity contribution in [3.63, 3.8) is 0 Å². The number of likely N-dealkylation sites (N-methyl/N-ethyl adjacent to an activating group) is 1. The predicted molar refractivity (Wildman–Crippen MR) is 132 cm³/mol. The number of hydrogen-bond acceptors (Lipinski definition) is 4. The Morgan fingerprint density at radius 2 is 1.79 bits per heavy atom.